The van der Waals surface area contributed by atoms with E-state index in [9.17, 15) is 4.79 Å². The predicted octanol–water partition coefficient (Wildman–Crippen LogP) is 4.05. The summed E-state index contributed by atoms with van der Waals surface area (Å²) in [7, 11) is 0. The molecule has 0 spiro atoms. The molecule has 1 aromatic heterocycles. The third kappa shape index (κ3) is 4.30. The number of Topliss-reactive ketones (excluding diaryl/α,β-unsaturated/α-hetero) is 1. The minimum atomic E-state index is -0.0550. The van der Waals surface area contributed by atoms with E-state index in [4.69, 9.17) is 5.53 Å². The molecule has 1 aromatic carbocycles. The van der Waals surface area contributed by atoms with E-state index in [-0.39, 0.29) is 12.3 Å². The first kappa shape index (κ1) is 14.5. The van der Waals surface area contributed by atoms with Gasteiger partial charge in [0.15, 0.2) is 5.78 Å². The Kier molecular flexibility index (Phi) is 5.26. The van der Waals surface area contributed by atoms with E-state index in [0.29, 0.717) is 17.6 Å². The zero-order chi connectivity index (χ0) is 14.9. The van der Waals surface area contributed by atoms with Gasteiger partial charge in [-0.3, -0.25) is 9.78 Å². The predicted molar refractivity (Wildman–Crippen MR) is 81.6 cm³/mol. The molecule has 0 unspecified atom stereocenters. The lowest BCUT2D eigenvalue weighted by Crippen LogP contribution is -2.04. The van der Waals surface area contributed by atoms with E-state index < -0.39 is 0 Å². The maximum atomic E-state index is 12.5. The number of rotatable bonds is 6. The van der Waals surface area contributed by atoms with Crippen molar-refractivity contribution in [2.24, 2.45) is 5.11 Å². The summed E-state index contributed by atoms with van der Waals surface area (Å²) in [5.74, 6) is -0.0550. The van der Waals surface area contributed by atoms with Gasteiger partial charge in [0.05, 0.1) is 0 Å². The van der Waals surface area contributed by atoms with Crippen molar-refractivity contribution < 1.29 is 4.79 Å². The molecule has 0 aliphatic heterocycles. The Morgan fingerprint density at radius 3 is 2.57 bits per heavy atom. The van der Waals surface area contributed by atoms with Crippen molar-refractivity contribution in [2.45, 2.75) is 6.42 Å². The number of azide groups is 1. The maximum absolute atomic E-state index is 12.5. The molecule has 2 rings (SSSR count). The minimum Gasteiger partial charge on any atom is -0.289 e. The molecule has 0 radical (unpaired) electrons. The second kappa shape index (κ2) is 7.62. The van der Waals surface area contributed by atoms with Crippen LogP contribution in [0.4, 0.5) is 0 Å². The summed E-state index contributed by atoms with van der Waals surface area (Å²) < 4.78 is 0. The van der Waals surface area contributed by atoms with Crippen molar-refractivity contribution in [1.82, 2.24) is 4.98 Å². The van der Waals surface area contributed by atoms with Crippen LogP contribution < -0.4 is 0 Å². The molecule has 0 saturated heterocycles. The summed E-state index contributed by atoms with van der Waals surface area (Å²) in [6.45, 7) is 0.256. The van der Waals surface area contributed by atoms with Crippen LogP contribution in [0.2, 0.25) is 0 Å². The van der Waals surface area contributed by atoms with Crippen molar-refractivity contribution >= 4 is 11.9 Å². The van der Waals surface area contributed by atoms with E-state index in [1.165, 1.54) is 0 Å². The number of hydrogen-bond donors (Lipinski definition) is 0. The standard InChI is InChI=1S/C16H14N4O/c17-20-19-11-8-15(12-13-6-9-18-10-7-13)16(21)14-4-2-1-3-5-14/h1-7,9-10,12H,8,11H2/b15-12+. The number of carbonyl (C=O) groups excluding carboxylic acids is 1. The SMILES string of the molecule is [N-]=[N+]=NCC/C(=C\c1ccncc1)C(=O)c1ccccc1. The Labute approximate surface area is 122 Å². The first-order valence-corrected chi connectivity index (χ1v) is 6.52. The molecular weight excluding hydrogens is 264 g/mol. The quantitative estimate of drug-likeness (QED) is 0.263. The maximum Gasteiger partial charge on any atom is 0.189 e. The average molecular weight is 278 g/mol. The van der Waals surface area contributed by atoms with Crippen molar-refractivity contribution in [1.29, 1.82) is 0 Å². The minimum absolute atomic E-state index is 0.0550. The summed E-state index contributed by atoms with van der Waals surface area (Å²) in [4.78, 5) is 19.2. The normalized spacial score (nSPS) is 10.8. The van der Waals surface area contributed by atoms with Crippen LogP contribution in [-0.2, 0) is 0 Å². The van der Waals surface area contributed by atoms with Gasteiger partial charge in [-0.05, 0) is 35.7 Å². The smallest absolute Gasteiger partial charge is 0.189 e. The Balaban J connectivity index is 2.29. The molecule has 21 heavy (non-hydrogen) atoms. The second-order valence-corrected chi connectivity index (χ2v) is 4.35. The number of benzene rings is 1. The molecule has 0 atom stereocenters. The monoisotopic (exact) mass is 278 g/mol. The van der Waals surface area contributed by atoms with Crippen molar-refractivity contribution in [3.05, 3.63) is 82.0 Å². The first-order chi connectivity index (χ1) is 10.3. The van der Waals surface area contributed by atoms with Gasteiger partial charge in [0, 0.05) is 35.0 Å². The number of nitrogens with zero attached hydrogens (tertiary/aromatic N) is 4. The molecule has 5 heteroatoms. The lowest BCUT2D eigenvalue weighted by molar-refractivity contribution is 0.103. The van der Waals surface area contributed by atoms with Gasteiger partial charge in [-0.25, -0.2) is 0 Å². The fraction of sp³-hybridized carbons (Fsp3) is 0.125. The second-order valence-electron chi connectivity index (χ2n) is 4.35. The van der Waals surface area contributed by atoms with Gasteiger partial charge < -0.3 is 0 Å². The van der Waals surface area contributed by atoms with Gasteiger partial charge in [-0.2, -0.15) is 0 Å². The van der Waals surface area contributed by atoms with Crippen LogP contribution in [0.25, 0.3) is 16.5 Å². The molecule has 2 aromatic rings. The molecule has 0 aliphatic carbocycles. The van der Waals surface area contributed by atoms with E-state index in [2.05, 4.69) is 15.0 Å². The summed E-state index contributed by atoms with van der Waals surface area (Å²) in [5.41, 5.74) is 10.5. The van der Waals surface area contributed by atoms with E-state index in [1.54, 1.807) is 24.5 Å². The number of carbonyl (C=O) groups is 1. The Bertz CT molecular complexity index is 674. The number of hydrogen-bond acceptors (Lipinski definition) is 3. The van der Waals surface area contributed by atoms with Crippen LogP contribution in [0.15, 0.2) is 65.5 Å². The van der Waals surface area contributed by atoms with Gasteiger partial charge in [0.1, 0.15) is 0 Å². The average Bonchev–Trinajstić information content (AvgIpc) is 2.55. The Morgan fingerprint density at radius 1 is 1.19 bits per heavy atom. The fourth-order valence-electron chi connectivity index (χ4n) is 1.90. The van der Waals surface area contributed by atoms with Gasteiger partial charge in [-0.15, -0.1) is 0 Å². The molecule has 104 valence electrons. The largest absolute Gasteiger partial charge is 0.289 e. The highest BCUT2D eigenvalue weighted by Crippen LogP contribution is 2.16. The van der Waals surface area contributed by atoms with Crippen LogP contribution in [0, 0.1) is 0 Å². The van der Waals surface area contributed by atoms with E-state index >= 15 is 0 Å². The highest BCUT2D eigenvalue weighted by Gasteiger charge is 2.11. The summed E-state index contributed by atoms with van der Waals surface area (Å²) in [5, 5.41) is 3.50. The molecule has 1 heterocycles. The lowest BCUT2D eigenvalue weighted by atomic mass is 9.99. The zero-order valence-corrected chi connectivity index (χ0v) is 11.4. The van der Waals surface area contributed by atoms with Gasteiger partial charge in [-0.1, -0.05) is 35.4 Å². The van der Waals surface area contributed by atoms with E-state index in [1.807, 2.05) is 36.4 Å². The zero-order valence-electron chi connectivity index (χ0n) is 11.4. The molecule has 0 N–H and O–H groups in total. The third-order valence-electron chi connectivity index (χ3n) is 2.92. The molecule has 5 nitrogen and oxygen atoms in total. The fourth-order valence-corrected chi connectivity index (χ4v) is 1.90. The molecule has 0 fully saturated rings. The van der Waals surface area contributed by atoms with Crippen molar-refractivity contribution in [2.75, 3.05) is 6.54 Å². The van der Waals surface area contributed by atoms with Crippen molar-refractivity contribution in [3.63, 3.8) is 0 Å². The lowest BCUT2D eigenvalue weighted by Gasteiger charge is -2.06. The van der Waals surface area contributed by atoms with Gasteiger partial charge in [0.25, 0.3) is 0 Å². The van der Waals surface area contributed by atoms with Crippen LogP contribution in [-0.4, -0.2) is 17.3 Å². The van der Waals surface area contributed by atoms with Crippen LogP contribution in [0.1, 0.15) is 22.3 Å². The van der Waals surface area contributed by atoms with E-state index in [0.717, 1.165) is 5.56 Å². The number of pyridine rings is 1. The van der Waals surface area contributed by atoms with Crippen molar-refractivity contribution in [3.8, 4) is 0 Å². The van der Waals surface area contributed by atoms with Crippen LogP contribution in [0.5, 0.6) is 0 Å². The highest BCUT2D eigenvalue weighted by molar-refractivity contribution is 6.11. The summed E-state index contributed by atoms with van der Waals surface area (Å²) >= 11 is 0. The van der Waals surface area contributed by atoms with Crippen LogP contribution >= 0.6 is 0 Å². The number of aromatic nitrogens is 1. The molecule has 0 saturated carbocycles. The molecule has 0 amide bonds. The highest BCUT2D eigenvalue weighted by atomic mass is 16.1. The van der Waals surface area contributed by atoms with Gasteiger partial charge >= 0.3 is 0 Å². The van der Waals surface area contributed by atoms with Gasteiger partial charge in [0.2, 0.25) is 0 Å². The summed E-state index contributed by atoms with van der Waals surface area (Å²) in [6, 6.07) is 12.7. The molecule has 0 bridgehead atoms. The topological polar surface area (TPSA) is 78.7 Å². The number of ketones is 1. The third-order valence-corrected chi connectivity index (χ3v) is 2.92. The summed E-state index contributed by atoms with van der Waals surface area (Å²) in [6.07, 6.45) is 5.55. The van der Waals surface area contributed by atoms with Crippen LogP contribution in [0.3, 0.4) is 0 Å². The molecular formula is C16H14N4O. The first-order valence-electron chi connectivity index (χ1n) is 6.52. The Morgan fingerprint density at radius 2 is 1.90 bits per heavy atom. The molecule has 0 aliphatic rings. The Hall–Kier alpha value is -2.91.